The van der Waals surface area contributed by atoms with E-state index in [1.807, 2.05) is 0 Å². The first-order valence-corrected chi connectivity index (χ1v) is 12.0. The van der Waals surface area contributed by atoms with Crippen LogP contribution in [0.1, 0.15) is 80.3 Å². The van der Waals surface area contributed by atoms with Gasteiger partial charge >= 0.3 is 0 Å². The van der Waals surface area contributed by atoms with E-state index >= 15 is 0 Å². The lowest BCUT2D eigenvalue weighted by molar-refractivity contribution is -0.133. The summed E-state index contributed by atoms with van der Waals surface area (Å²) in [5, 5.41) is 10.4. The molecule has 32 heavy (non-hydrogen) atoms. The van der Waals surface area contributed by atoms with E-state index in [0.717, 1.165) is 51.7 Å². The van der Waals surface area contributed by atoms with Crippen LogP contribution in [-0.4, -0.2) is 82.1 Å². The van der Waals surface area contributed by atoms with E-state index in [-0.39, 0.29) is 36.0 Å². The molecule has 1 atom stereocenters. The Morgan fingerprint density at radius 2 is 1.91 bits per heavy atom. The molecule has 0 saturated heterocycles. The van der Waals surface area contributed by atoms with Crippen LogP contribution in [0, 0.1) is 0 Å². The minimum atomic E-state index is -1.05. The summed E-state index contributed by atoms with van der Waals surface area (Å²) in [5.41, 5.74) is -0.504. The molecule has 0 unspecified atom stereocenters. The molecule has 1 aliphatic heterocycles. The number of nitrogens with one attached hydrogen (secondary N) is 2. The fraction of sp³-hybridized carbons (Fsp3) is 0.739. The van der Waals surface area contributed by atoms with Crippen molar-refractivity contribution >= 4 is 17.7 Å². The molecular weight excluding hydrogens is 408 g/mol. The fourth-order valence-corrected chi connectivity index (χ4v) is 4.56. The van der Waals surface area contributed by atoms with Gasteiger partial charge in [-0.2, -0.15) is 5.10 Å². The van der Waals surface area contributed by atoms with Crippen molar-refractivity contribution in [2.75, 3.05) is 33.2 Å². The van der Waals surface area contributed by atoms with Crippen LogP contribution in [0.4, 0.5) is 0 Å². The van der Waals surface area contributed by atoms with E-state index in [4.69, 9.17) is 0 Å². The average Bonchev–Trinajstić information content (AvgIpc) is 3.22. The molecule has 2 heterocycles. The molecule has 2 N–H and O–H groups in total. The fourth-order valence-electron chi connectivity index (χ4n) is 4.56. The molecule has 1 aromatic heterocycles. The molecule has 2 aliphatic rings. The summed E-state index contributed by atoms with van der Waals surface area (Å²) in [6, 6.07) is 1.69. The Morgan fingerprint density at radius 3 is 2.56 bits per heavy atom. The lowest BCUT2D eigenvalue weighted by atomic mass is 9.92. The lowest BCUT2D eigenvalue weighted by Gasteiger charge is -2.41. The number of aromatic nitrogens is 2. The number of likely N-dealkylation sites (N-methyl/N-ethyl adjacent to an activating group) is 1. The minimum absolute atomic E-state index is 0.160. The first-order valence-electron chi connectivity index (χ1n) is 12.0. The van der Waals surface area contributed by atoms with Crippen LogP contribution >= 0.6 is 0 Å². The molecule has 9 nitrogen and oxygen atoms in total. The van der Waals surface area contributed by atoms with Crippen LogP contribution in [0.15, 0.2) is 6.07 Å². The third kappa shape index (κ3) is 5.14. The van der Waals surface area contributed by atoms with E-state index < -0.39 is 5.54 Å². The van der Waals surface area contributed by atoms with Gasteiger partial charge < -0.3 is 20.4 Å². The highest BCUT2D eigenvalue weighted by Crippen LogP contribution is 2.27. The first-order chi connectivity index (χ1) is 15.3. The molecule has 0 bridgehead atoms. The molecule has 9 heteroatoms. The van der Waals surface area contributed by atoms with Crippen molar-refractivity contribution in [2.24, 2.45) is 0 Å². The van der Waals surface area contributed by atoms with Gasteiger partial charge in [-0.15, -0.1) is 0 Å². The topological polar surface area (TPSA) is 99.6 Å². The summed E-state index contributed by atoms with van der Waals surface area (Å²) < 4.78 is 1.51. The van der Waals surface area contributed by atoms with Gasteiger partial charge in [0, 0.05) is 25.7 Å². The Hall–Kier alpha value is -2.42. The quantitative estimate of drug-likeness (QED) is 0.562. The molecule has 1 saturated carbocycles. The summed E-state index contributed by atoms with van der Waals surface area (Å²) in [4.78, 5) is 42.5. The van der Waals surface area contributed by atoms with Crippen LogP contribution in [0.5, 0.6) is 0 Å². The maximum absolute atomic E-state index is 13.1. The molecule has 178 valence electrons. The summed E-state index contributed by atoms with van der Waals surface area (Å²) in [6.45, 7) is 9.67. The maximum atomic E-state index is 13.1. The zero-order valence-corrected chi connectivity index (χ0v) is 19.9. The Morgan fingerprint density at radius 1 is 1.22 bits per heavy atom. The van der Waals surface area contributed by atoms with Crippen molar-refractivity contribution in [3.05, 3.63) is 17.5 Å². The monoisotopic (exact) mass is 446 g/mol. The van der Waals surface area contributed by atoms with Crippen LogP contribution in [0.3, 0.4) is 0 Å². The SMILES string of the molecule is CCN(CC)CCCNC(=O)c1cc2n(n1)C[C@](C)(C(=O)NC1CCCCC1)N(C)C2=O. The van der Waals surface area contributed by atoms with Crippen LogP contribution in [-0.2, 0) is 11.3 Å². The minimum Gasteiger partial charge on any atom is -0.351 e. The number of hydrogen-bond donors (Lipinski definition) is 2. The number of rotatable bonds is 9. The Labute approximate surface area is 190 Å². The lowest BCUT2D eigenvalue weighted by Crippen LogP contribution is -2.63. The van der Waals surface area contributed by atoms with Gasteiger partial charge in [0.15, 0.2) is 5.69 Å². The second kappa shape index (κ2) is 10.5. The Bertz CT molecular complexity index is 828. The molecule has 0 spiro atoms. The number of carbonyl (C=O) groups excluding carboxylic acids is 3. The van der Waals surface area contributed by atoms with E-state index in [0.29, 0.717) is 12.2 Å². The highest BCUT2D eigenvalue weighted by Gasteiger charge is 2.46. The number of nitrogens with zero attached hydrogens (tertiary/aromatic N) is 4. The highest BCUT2D eigenvalue weighted by atomic mass is 16.2. The summed E-state index contributed by atoms with van der Waals surface area (Å²) in [7, 11) is 1.65. The second-order valence-corrected chi connectivity index (χ2v) is 9.16. The molecule has 1 aromatic rings. The van der Waals surface area contributed by atoms with Gasteiger partial charge in [0.1, 0.15) is 11.2 Å². The average molecular weight is 447 g/mol. The van der Waals surface area contributed by atoms with Crippen molar-refractivity contribution in [1.29, 1.82) is 0 Å². The number of fused-ring (bicyclic) bond motifs is 1. The van der Waals surface area contributed by atoms with Gasteiger partial charge in [-0.25, -0.2) is 0 Å². The maximum Gasteiger partial charge on any atom is 0.272 e. The summed E-state index contributed by atoms with van der Waals surface area (Å²) in [5.74, 6) is -0.760. The number of carbonyl (C=O) groups is 3. The van der Waals surface area contributed by atoms with Crippen molar-refractivity contribution in [1.82, 2.24) is 30.2 Å². The third-order valence-electron chi connectivity index (χ3n) is 6.99. The van der Waals surface area contributed by atoms with Gasteiger partial charge in [-0.1, -0.05) is 33.1 Å². The van der Waals surface area contributed by atoms with Crippen molar-refractivity contribution in [2.45, 2.75) is 77.4 Å². The smallest absolute Gasteiger partial charge is 0.272 e. The Kier molecular flexibility index (Phi) is 7.92. The zero-order chi connectivity index (χ0) is 23.3. The van der Waals surface area contributed by atoms with E-state index in [2.05, 4.69) is 34.5 Å². The first kappa shape index (κ1) is 24.2. The van der Waals surface area contributed by atoms with Crippen molar-refractivity contribution in [3.8, 4) is 0 Å². The van der Waals surface area contributed by atoms with Gasteiger partial charge in [-0.3, -0.25) is 19.1 Å². The molecular formula is C23H38N6O3. The predicted octanol–water partition coefficient (Wildman–Crippen LogP) is 1.64. The van der Waals surface area contributed by atoms with Gasteiger partial charge in [0.2, 0.25) is 5.91 Å². The van der Waals surface area contributed by atoms with Gasteiger partial charge in [-0.05, 0) is 45.8 Å². The number of hydrogen-bond acceptors (Lipinski definition) is 5. The van der Waals surface area contributed by atoms with Crippen LogP contribution in [0.2, 0.25) is 0 Å². The van der Waals surface area contributed by atoms with E-state index in [1.54, 1.807) is 14.0 Å². The Balaban J connectivity index is 1.64. The zero-order valence-electron chi connectivity index (χ0n) is 19.9. The standard InChI is InChI=1S/C23H38N6O3/c1-5-28(6-2)14-10-13-24-20(30)18-15-19-21(31)27(4)23(3,16-29(19)26-18)22(32)25-17-11-8-7-9-12-17/h15,17H,5-14,16H2,1-4H3,(H,24,30)(H,25,32)/t23-/m1/s1. The third-order valence-corrected chi connectivity index (χ3v) is 6.99. The predicted molar refractivity (Wildman–Crippen MR) is 122 cm³/mol. The van der Waals surface area contributed by atoms with Gasteiger partial charge in [0.25, 0.3) is 11.8 Å². The molecule has 3 amide bonds. The summed E-state index contributed by atoms with van der Waals surface area (Å²) in [6.07, 6.45) is 6.25. The van der Waals surface area contributed by atoms with E-state index in [1.165, 1.54) is 22.1 Å². The summed E-state index contributed by atoms with van der Waals surface area (Å²) >= 11 is 0. The molecule has 0 aromatic carbocycles. The normalized spacial score (nSPS) is 21.5. The van der Waals surface area contributed by atoms with E-state index in [9.17, 15) is 14.4 Å². The molecule has 1 aliphatic carbocycles. The van der Waals surface area contributed by atoms with Gasteiger partial charge in [0.05, 0.1) is 6.54 Å². The van der Waals surface area contributed by atoms with Crippen molar-refractivity contribution < 1.29 is 14.4 Å². The largest absolute Gasteiger partial charge is 0.351 e. The van der Waals surface area contributed by atoms with Crippen molar-refractivity contribution in [3.63, 3.8) is 0 Å². The number of amides is 3. The van der Waals surface area contributed by atoms with Crippen LogP contribution in [0.25, 0.3) is 0 Å². The highest BCUT2D eigenvalue weighted by molar-refractivity contribution is 6.01. The molecule has 0 radical (unpaired) electrons. The molecule has 3 rings (SSSR count). The second-order valence-electron chi connectivity index (χ2n) is 9.16. The van der Waals surface area contributed by atoms with Crippen LogP contribution < -0.4 is 10.6 Å². The molecule has 1 fully saturated rings.